The van der Waals surface area contributed by atoms with Crippen molar-refractivity contribution in [3.05, 3.63) is 30.0 Å². The molecule has 0 spiro atoms. The number of nitrogens with zero attached hydrogens (tertiary/aromatic N) is 2. The van der Waals surface area contributed by atoms with Crippen molar-refractivity contribution >= 4 is 10.9 Å². The van der Waals surface area contributed by atoms with Crippen molar-refractivity contribution < 1.29 is 4.74 Å². The highest BCUT2D eigenvalue weighted by Gasteiger charge is 2.32. The fourth-order valence-electron chi connectivity index (χ4n) is 3.08. The number of benzene rings is 1. The smallest absolute Gasteiger partial charge is 0.143 e. The van der Waals surface area contributed by atoms with Crippen molar-refractivity contribution in [2.45, 2.75) is 31.8 Å². The lowest BCUT2D eigenvalue weighted by atomic mass is 9.85. The molecule has 0 N–H and O–H groups in total. The van der Waals surface area contributed by atoms with Gasteiger partial charge < -0.3 is 14.2 Å². The normalized spacial score (nSPS) is 22.8. The van der Waals surface area contributed by atoms with Crippen LogP contribution in [0.5, 0.6) is 5.75 Å². The molecular formula is C16H22N2O. The summed E-state index contributed by atoms with van der Waals surface area (Å²) in [5.41, 5.74) is 2.50. The Labute approximate surface area is 114 Å². The Morgan fingerprint density at radius 3 is 2.63 bits per heavy atom. The standard InChI is InChI=1S/C16H22N2O/c1-11-7-12-5-6-18(16(12)15(8-11)19-4)14-9-13(10-14)17(2)3/h5-8,13-14H,9-10H2,1-4H3. The topological polar surface area (TPSA) is 17.4 Å². The zero-order valence-corrected chi connectivity index (χ0v) is 12.2. The van der Waals surface area contributed by atoms with Crippen LogP contribution in [0, 0.1) is 6.92 Å². The van der Waals surface area contributed by atoms with Crippen molar-refractivity contribution in [2.75, 3.05) is 21.2 Å². The third-order valence-corrected chi connectivity index (χ3v) is 4.35. The number of aromatic nitrogens is 1. The number of hydrogen-bond acceptors (Lipinski definition) is 2. The molecule has 3 rings (SSSR count). The fourth-order valence-corrected chi connectivity index (χ4v) is 3.08. The zero-order chi connectivity index (χ0) is 13.6. The van der Waals surface area contributed by atoms with Gasteiger partial charge in [0.25, 0.3) is 0 Å². The molecule has 0 saturated heterocycles. The maximum Gasteiger partial charge on any atom is 0.143 e. The predicted molar refractivity (Wildman–Crippen MR) is 79.0 cm³/mol. The van der Waals surface area contributed by atoms with Gasteiger partial charge in [0.1, 0.15) is 5.75 Å². The number of methoxy groups -OCH3 is 1. The Bertz CT molecular complexity index is 594. The van der Waals surface area contributed by atoms with Crippen LogP contribution in [-0.4, -0.2) is 36.7 Å². The van der Waals surface area contributed by atoms with Gasteiger partial charge in [-0.25, -0.2) is 0 Å². The summed E-state index contributed by atoms with van der Waals surface area (Å²) in [6.07, 6.45) is 4.67. The summed E-state index contributed by atoms with van der Waals surface area (Å²) < 4.78 is 7.97. The van der Waals surface area contributed by atoms with Gasteiger partial charge in [0.2, 0.25) is 0 Å². The number of fused-ring (bicyclic) bond motifs is 1. The largest absolute Gasteiger partial charge is 0.495 e. The molecule has 0 unspecified atom stereocenters. The van der Waals surface area contributed by atoms with E-state index >= 15 is 0 Å². The van der Waals surface area contributed by atoms with E-state index in [1.807, 2.05) is 0 Å². The van der Waals surface area contributed by atoms with Crippen LogP contribution in [0.3, 0.4) is 0 Å². The van der Waals surface area contributed by atoms with Crippen molar-refractivity contribution in [3.8, 4) is 5.75 Å². The van der Waals surface area contributed by atoms with Crippen LogP contribution in [0.1, 0.15) is 24.4 Å². The van der Waals surface area contributed by atoms with Crippen molar-refractivity contribution in [2.24, 2.45) is 0 Å². The molecule has 3 nitrogen and oxygen atoms in total. The van der Waals surface area contributed by atoms with Crippen LogP contribution in [0.4, 0.5) is 0 Å². The summed E-state index contributed by atoms with van der Waals surface area (Å²) >= 11 is 0. The van der Waals surface area contributed by atoms with Crippen LogP contribution in [0.2, 0.25) is 0 Å². The molecule has 1 aliphatic rings. The first-order chi connectivity index (χ1) is 9.10. The average molecular weight is 258 g/mol. The summed E-state index contributed by atoms with van der Waals surface area (Å²) in [5, 5.41) is 1.28. The molecule has 0 radical (unpaired) electrons. The van der Waals surface area contributed by atoms with Gasteiger partial charge in [-0.1, -0.05) is 0 Å². The van der Waals surface area contributed by atoms with E-state index in [2.05, 4.69) is 54.9 Å². The average Bonchev–Trinajstić information content (AvgIpc) is 2.69. The van der Waals surface area contributed by atoms with Crippen molar-refractivity contribution in [1.82, 2.24) is 9.47 Å². The van der Waals surface area contributed by atoms with Crippen molar-refractivity contribution in [1.29, 1.82) is 0 Å². The Kier molecular flexibility index (Phi) is 3.02. The minimum atomic E-state index is 0.613. The molecule has 19 heavy (non-hydrogen) atoms. The molecule has 1 heterocycles. The zero-order valence-electron chi connectivity index (χ0n) is 12.2. The second-order valence-corrected chi connectivity index (χ2v) is 5.87. The first-order valence-corrected chi connectivity index (χ1v) is 6.91. The molecule has 0 atom stereocenters. The van der Waals surface area contributed by atoms with E-state index in [4.69, 9.17) is 4.74 Å². The van der Waals surface area contributed by atoms with Gasteiger partial charge in [-0.2, -0.15) is 0 Å². The lowest BCUT2D eigenvalue weighted by Crippen LogP contribution is -2.41. The predicted octanol–water partition coefficient (Wildman–Crippen LogP) is 3.22. The molecule has 1 aromatic heterocycles. The van der Waals surface area contributed by atoms with E-state index in [9.17, 15) is 0 Å². The van der Waals surface area contributed by atoms with E-state index in [1.54, 1.807) is 7.11 Å². The monoisotopic (exact) mass is 258 g/mol. The van der Waals surface area contributed by atoms with E-state index in [0.717, 1.165) is 11.8 Å². The third-order valence-electron chi connectivity index (χ3n) is 4.35. The summed E-state index contributed by atoms with van der Waals surface area (Å²) in [6.45, 7) is 2.12. The van der Waals surface area contributed by atoms with Crippen LogP contribution in [0.25, 0.3) is 10.9 Å². The quantitative estimate of drug-likeness (QED) is 0.841. The molecular weight excluding hydrogens is 236 g/mol. The number of aryl methyl sites for hydroxylation is 1. The molecule has 0 amide bonds. The molecule has 3 heteroatoms. The minimum absolute atomic E-state index is 0.613. The maximum atomic E-state index is 5.57. The van der Waals surface area contributed by atoms with E-state index in [0.29, 0.717) is 6.04 Å². The molecule has 1 aliphatic carbocycles. The lowest BCUT2D eigenvalue weighted by molar-refractivity contribution is 0.131. The molecule has 102 valence electrons. The molecule has 1 fully saturated rings. The van der Waals surface area contributed by atoms with Gasteiger partial charge >= 0.3 is 0 Å². The van der Waals surface area contributed by atoms with E-state index < -0.39 is 0 Å². The van der Waals surface area contributed by atoms with Gasteiger partial charge in [-0.3, -0.25) is 0 Å². The highest BCUT2D eigenvalue weighted by atomic mass is 16.5. The van der Waals surface area contributed by atoms with E-state index in [1.165, 1.54) is 29.3 Å². The minimum Gasteiger partial charge on any atom is -0.495 e. The molecule has 1 saturated carbocycles. The van der Waals surface area contributed by atoms with Gasteiger partial charge in [0, 0.05) is 23.7 Å². The molecule has 1 aromatic carbocycles. The van der Waals surface area contributed by atoms with Gasteiger partial charge in [-0.05, 0) is 57.6 Å². The third kappa shape index (κ3) is 2.02. The highest BCUT2D eigenvalue weighted by molar-refractivity contribution is 5.87. The molecule has 0 bridgehead atoms. The van der Waals surface area contributed by atoms with Gasteiger partial charge in [0.15, 0.2) is 0 Å². The Hall–Kier alpha value is -1.48. The number of hydrogen-bond donors (Lipinski definition) is 0. The molecule has 0 aliphatic heterocycles. The second kappa shape index (κ2) is 4.57. The second-order valence-electron chi connectivity index (χ2n) is 5.87. The first kappa shape index (κ1) is 12.5. The highest BCUT2D eigenvalue weighted by Crippen LogP contribution is 2.39. The fraction of sp³-hybridized carbons (Fsp3) is 0.500. The summed E-state index contributed by atoms with van der Waals surface area (Å²) in [7, 11) is 6.09. The summed E-state index contributed by atoms with van der Waals surface area (Å²) in [6, 6.07) is 7.89. The van der Waals surface area contributed by atoms with Crippen LogP contribution in [0.15, 0.2) is 24.4 Å². The van der Waals surface area contributed by atoms with Gasteiger partial charge in [0.05, 0.1) is 12.6 Å². The maximum absolute atomic E-state index is 5.57. The van der Waals surface area contributed by atoms with Crippen LogP contribution < -0.4 is 4.74 Å². The SMILES string of the molecule is COc1cc(C)cc2ccn(C3CC(N(C)C)C3)c12. The Balaban J connectivity index is 1.97. The van der Waals surface area contributed by atoms with Crippen LogP contribution in [-0.2, 0) is 0 Å². The number of rotatable bonds is 3. The Morgan fingerprint density at radius 1 is 1.26 bits per heavy atom. The van der Waals surface area contributed by atoms with Crippen molar-refractivity contribution in [3.63, 3.8) is 0 Å². The summed E-state index contributed by atoms with van der Waals surface area (Å²) in [4.78, 5) is 2.32. The summed E-state index contributed by atoms with van der Waals surface area (Å²) in [5.74, 6) is 0.994. The lowest BCUT2D eigenvalue weighted by Gasteiger charge is -2.40. The number of ether oxygens (including phenoxy) is 1. The Morgan fingerprint density at radius 2 is 2.00 bits per heavy atom. The first-order valence-electron chi connectivity index (χ1n) is 6.91. The molecule has 2 aromatic rings. The van der Waals surface area contributed by atoms with Gasteiger partial charge in [-0.15, -0.1) is 0 Å². The van der Waals surface area contributed by atoms with E-state index in [-0.39, 0.29) is 0 Å². The van der Waals surface area contributed by atoms with Crippen LogP contribution >= 0.6 is 0 Å².